The summed E-state index contributed by atoms with van der Waals surface area (Å²) in [4.78, 5) is 5.03. The predicted molar refractivity (Wildman–Crippen MR) is 342 cm³/mol. The molecule has 2 nitrogen and oxygen atoms in total. The van der Waals surface area contributed by atoms with Crippen molar-refractivity contribution >= 4 is 53.6 Å². The number of para-hydroxylation sites is 2. The van der Waals surface area contributed by atoms with Gasteiger partial charge in [-0.15, -0.1) is 10.0 Å². The Morgan fingerprint density at radius 3 is 1.05 bits per heavy atom. The molecule has 2 aromatic heterocycles. The number of fused-ring (bicyclic) bond motifs is 6. The molecule has 0 unspecified atom stereocenters. The van der Waals surface area contributed by atoms with Crippen molar-refractivity contribution in [1.82, 2.24) is 9.13 Å². The van der Waals surface area contributed by atoms with E-state index in [1.807, 2.05) is 0 Å². The molecule has 0 aliphatic rings. The number of rotatable bonds is 11. The van der Waals surface area contributed by atoms with E-state index in [-0.39, 0.29) is 0 Å². The van der Waals surface area contributed by atoms with Crippen LogP contribution in [-0.2, 0) is 0 Å². The van der Waals surface area contributed by atoms with Gasteiger partial charge < -0.3 is 9.13 Å². The summed E-state index contributed by atoms with van der Waals surface area (Å²) in [6.45, 7) is 0. The summed E-state index contributed by atoms with van der Waals surface area (Å²) in [5.41, 5.74) is 18.7. The third-order valence-corrected chi connectivity index (χ3v) is 20.0. The van der Waals surface area contributed by atoms with Crippen molar-refractivity contribution in [3.05, 3.63) is 328 Å². The van der Waals surface area contributed by atoms with Gasteiger partial charge in [-0.05, 0) is 142 Å². The first kappa shape index (κ1) is 48.0. The first-order valence-corrected chi connectivity index (χ1v) is 29.4. The lowest BCUT2D eigenvalue weighted by Crippen LogP contribution is -2.08. The van der Waals surface area contributed by atoms with Gasteiger partial charge in [0.2, 0.25) is 0 Å². The molecule has 0 radical (unpaired) electrons. The highest BCUT2D eigenvalue weighted by molar-refractivity contribution is 8.34. The van der Waals surface area contributed by atoms with Crippen LogP contribution in [0.2, 0.25) is 0 Å². The van der Waals surface area contributed by atoms with Gasteiger partial charge >= 0.3 is 0 Å². The fraction of sp³-hybridized carbons (Fsp3) is 0. The van der Waals surface area contributed by atoms with Crippen LogP contribution in [0.25, 0.3) is 111 Å². The lowest BCUT2D eigenvalue weighted by molar-refractivity contribution is 1.16. The van der Waals surface area contributed by atoms with Crippen LogP contribution >= 0.6 is 10.0 Å². The Hall–Kier alpha value is -10.2. The van der Waals surface area contributed by atoms with Crippen LogP contribution in [0.4, 0.5) is 0 Å². The van der Waals surface area contributed by atoms with E-state index in [4.69, 9.17) is 0 Å². The van der Waals surface area contributed by atoms with Crippen LogP contribution in [0.15, 0.2) is 347 Å². The zero-order chi connectivity index (χ0) is 53.7. The molecule has 13 aromatic carbocycles. The minimum absolute atomic E-state index is 1.12. The van der Waals surface area contributed by atoms with Crippen LogP contribution in [0.3, 0.4) is 0 Å². The predicted octanol–water partition coefficient (Wildman–Crippen LogP) is 21.6. The quantitative estimate of drug-likeness (QED) is 0.122. The molecule has 0 N–H and O–H groups in total. The van der Waals surface area contributed by atoms with E-state index in [1.54, 1.807) is 0 Å². The topological polar surface area (TPSA) is 9.86 Å². The van der Waals surface area contributed by atoms with Crippen molar-refractivity contribution in [2.45, 2.75) is 19.6 Å². The Kier molecular flexibility index (Phi) is 12.0. The average Bonchev–Trinajstić information content (AvgIpc) is 4.32. The highest BCUT2D eigenvalue weighted by Gasteiger charge is 2.36. The molecule has 3 heteroatoms. The molecule has 15 rings (SSSR count). The maximum atomic E-state index is 2.56. The molecule has 0 bridgehead atoms. The second kappa shape index (κ2) is 20.2. The van der Waals surface area contributed by atoms with Crippen LogP contribution in [0.5, 0.6) is 0 Å². The van der Waals surface area contributed by atoms with E-state index >= 15 is 0 Å². The van der Waals surface area contributed by atoms with Crippen molar-refractivity contribution < 1.29 is 0 Å². The van der Waals surface area contributed by atoms with E-state index in [1.165, 1.54) is 85.5 Å². The number of aromatic nitrogens is 2. The molecule has 2 heterocycles. The van der Waals surface area contributed by atoms with Crippen LogP contribution in [0, 0.1) is 0 Å². The molecule has 0 amide bonds. The van der Waals surface area contributed by atoms with E-state index in [9.17, 15) is 0 Å². The molecule has 0 saturated heterocycles. The first-order valence-electron chi connectivity index (χ1n) is 27.8. The highest BCUT2D eigenvalue weighted by atomic mass is 32.3. The third-order valence-electron chi connectivity index (χ3n) is 16.2. The smallest absolute Gasteiger partial charge is 0.0619 e. The van der Waals surface area contributed by atoms with E-state index in [2.05, 4.69) is 337 Å². The molecular formula is C78H54N2S. The van der Waals surface area contributed by atoms with Gasteiger partial charge in [0.05, 0.1) is 27.8 Å². The summed E-state index contributed by atoms with van der Waals surface area (Å²) in [6.07, 6.45) is 0. The maximum absolute atomic E-state index is 2.56. The van der Waals surface area contributed by atoms with Crippen molar-refractivity contribution in [2.24, 2.45) is 0 Å². The minimum atomic E-state index is -2.30. The van der Waals surface area contributed by atoms with Crippen LogP contribution in [-0.4, -0.2) is 9.13 Å². The standard InChI is InChI=1S/C78H54N2S/c1-8-26-55(27-9-1)60-44-46-76-72(51-60)68-40-22-24-42-74(68)79(76)63-45-47-77-73(52-63)69-41-23-25-43-75(69)80(77)78-70(58-32-14-4-15-33-58)53-67(54-71(78)59-34-16-5-17-35-59)81(64-36-18-6-19-37-64,65-38-20-7-21-39-65)66-49-61(56-28-10-2-11-29-56)48-62(50-66)57-30-12-3-13-31-57/h1-54H. The number of hydrogen-bond acceptors (Lipinski definition) is 0. The van der Waals surface area contributed by atoms with Crippen molar-refractivity contribution in [2.75, 3.05) is 0 Å². The molecule has 0 aliphatic carbocycles. The molecule has 382 valence electrons. The molecular weight excluding hydrogens is 997 g/mol. The van der Waals surface area contributed by atoms with E-state index < -0.39 is 10.0 Å². The van der Waals surface area contributed by atoms with Gasteiger partial charge in [-0.2, -0.15) is 0 Å². The van der Waals surface area contributed by atoms with E-state index in [0.717, 1.165) is 44.7 Å². The molecule has 0 fully saturated rings. The van der Waals surface area contributed by atoms with Gasteiger partial charge in [-0.1, -0.05) is 231 Å². The Labute approximate surface area is 474 Å². The maximum Gasteiger partial charge on any atom is 0.0619 e. The average molecular weight is 1050 g/mol. The molecule has 0 aliphatic heterocycles. The Balaban J connectivity index is 1.04. The van der Waals surface area contributed by atoms with Gasteiger partial charge in [-0.25, -0.2) is 0 Å². The zero-order valence-corrected chi connectivity index (χ0v) is 45.3. The van der Waals surface area contributed by atoms with Gasteiger partial charge in [-0.3, -0.25) is 0 Å². The highest BCUT2D eigenvalue weighted by Crippen LogP contribution is 2.75. The Morgan fingerprint density at radius 2 is 0.556 bits per heavy atom. The van der Waals surface area contributed by atoms with Crippen LogP contribution in [0.1, 0.15) is 0 Å². The normalized spacial score (nSPS) is 11.9. The summed E-state index contributed by atoms with van der Waals surface area (Å²) in [7, 11) is -2.30. The summed E-state index contributed by atoms with van der Waals surface area (Å²) < 4.78 is 5.02. The Bertz CT molecular complexity index is 4600. The molecule has 0 atom stereocenters. The molecule has 0 spiro atoms. The summed E-state index contributed by atoms with van der Waals surface area (Å²) in [5, 5.41) is 4.86. The zero-order valence-electron chi connectivity index (χ0n) is 44.5. The van der Waals surface area contributed by atoms with E-state index in [0.29, 0.717) is 0 Å². The van der Waals surface area contributed by atoms with Gasteiger partial charge in [0, 0.05) is 57.9 Å². The largest absolute Gasteiger partial charge is 0.309 e. The van der Waals surface area contributed by atoms with Crippen molar-refractivity contribution in [3.63, 3.8) is 0 Å². The summed E-state index contributed by atoms with van der Waals surface area (Å²) >= 11 is 0. The number of hydrogen-bond donors (Lipinski definition) is 0. The minimum Gasteiger partial charge on any atom is -0.309 e. The number of benzene rings is 13. The van der Waals surface area contributed by atoms with Gasteiger partial charge in [0.25, 0.3) is 0 Å². The lowest BCUT2D eigenvalue weighted by Gasteiger charge is -2.43. The first-order chi connectivity index (χ1) is 40.2. The van der Waals surface area contributed by atoms with Gasteiger partial charge in [0.1, 0.15) is 0 Å². The van der Waals surface area contributed by atoms with Crippen LogP contribution < -0.4 is 0 Å². The SMILES string of the molecule is c1ccc(-c2cc(-c3ccccc3)cc(S(c3ccccc3)(c3ccccc3)c3cc(-c4ccccc4)c(-n4c5ccccc5c5cc(-n6c7ccccc7c7cc(-c8ccccc8)ccc76)ccc54)c(-c4ccccc4)c3)c2)cc1. The second-order valence-electron chi connectivity index (χ2n) is 20.8. The monoisotopic (exact) mass is 1050 g/mol. The molecule has 81 heavy (non-hydrogen) atoms. The summed E-state index contributed by atoms with van der Waals surface area (Å²) in [6, 6.07) is 122. The molecule has 0 saturated carbocycles. The third kappa shape index (κ3) is 8.20. The fourth-order valence-electron chi connectivity index (χ4n) is 12.5. The van der Waals surface area contributed by atoms with Crippen molar-refractivity contribution in [3.8, 4) is 67.0 Å². The number of nitrogens with zero attached hydrogens (tertiary/aromatic N) is 2. The summed E-state index contributed by atoms with van der Waals surface area (Å²) in [5.74, 6) is 0. The fourth-order valence-corrected chi connectivity index (χ4v) is 16.5. The molecule has 15 aromatic rings. The van der Waals surface area contributed by atoms with Crippen molar-refractivity contribution in [1.29, 1.82) is 0 Å². The second-order valence-corrected chi connectivity index (χ2v) is 23.9. The van der Waals surface area contributed by atoms with Gasteiger partial charge in [0.15, 0.2) is 0 Å². The lowest BCUT2D eigenvalue weighted by atomic mass is 9.95. The Morgan fingerprint density at radius 1 is 0.198 bits per heavy atom.